The minimum absolute atomic E-state index is 0.123. The van der Waals surface area contributed by atoms with Gasteiger partial charge in [0, 0.05) is 11.8 Å². The first-order chi connectivity index (χ1) is 13.5. The van der Waals surface area contributed by atoms with Gasteiger partial charge in [-0.2, -0.15) is 0 Å². The lowest BCUT2D eigenvalue weighted by Crippen LogP contribution is -2.12. The SMILES string of the molecule is COc1ccc(CCC(=O)Nc2nc(-c3ccc(Cl)s3)cs2)c(OC)c1OC. The number of nitrogens with one attached hydrogen (secondary N) is 1. The zero-order chi connectivity index (χ0) is 20.1. The molecule has 28 heavy (non-hydrogen) atoms. The Balaban J connectivity index is 1.64. The van der Waals surface area contributed by atoms with Gasteiger partial charge in [-0.15, -0.1) is 22.7 Å². The lowest BCUT2D eigenvalue weighted by Gasteiger charge is -2.15. The van der Waals surface area contributed by atoms with E-state index in [0.29, 0.717) is 33.1 Å². The van der Waals surface area contributed by atoms with Crippen molar-refractivity contribution in [3.8, 4) is 27.8 Å². The number of aryl methyl sites for hydroxylation is 1. The predicted molar refractivity (Wildman–Crippen MR) is 113 cm³/mol. The summed E-state index contributed by atoms with van der Waals surface area (Å²) in [6, 6.07) is 7.41. The molecule has 0 spiro atoms. The minimum atomic E-state index is -0.123. The molecule has 1 amide bonds. The summed E-state index contributed by atoms with van der Waals surface area (Å²) in [5.74, 6) is 1.54. The molecular weight excluding hydrogens is 420 g/mol. The van der Waals surface area contributed by atoms with Crippen molar-refractivity contribution in [3.05, 3.63) is 39.5 Å². The van der Waals surface area contributed by atoms with Gasteiger partial charge in [-0.05, 0) is 30.2 Å². The molecule has 0 bridgehead atoms. The number of anilines is 1. The first kappa shape index (κ1) is 20.4. The summed E-state index contributed by atoms with van der Waals surface area (Å²) in [5, 5.41) is 5.30. The Morgan fingerprint density at radius 3 is 2.54 bits per heavy atom. The molecule has 0 saturated heterocycles. The van der Waals surface area contributed by atoms with Crippen molar-refractivity contribution >= 4 is 45.3 Å². The number of thiophene rings is 1. The van der Waals surface area contributed by atoms with Gasteiger partial charge in [-0.1, -0.05) is 17.7 Å². The van der Waals surface area contributed by atoms with Crippen LogP contribution in [0.3, 0.4) is 0 Å². The summed E-state index contributed by atoms with van der Waals surface area (Å²) in [6.45, 7) is 0. The molecule has 6 nitrogen and oxygen atoms in total. The van der Waals surface area contributed by atoms with Crippen LogP contribution in [-0.2, 0) is 11.2 Å². The maximum atomic E-state index is 12.4. The topological polar surface area (TPSA) is 69.7 Å². The third-order valence-corrected chi connectivity index (χ3v) is 5.99. The molecule has 148 valence electrons. The maximum Gasteiger partial charge on any atom is 0.226 e. The van der Waals surface area contributed by atoms with Crippen LogP contribution in [0.2, 0.25) is 4.34 Å². The Morgan fingerprint density at radius 1 is 1.11 bits per heavy atom. The zero-order valence-corrected chi connectivity index (χ0v) is 18.0. The van der Waals surface area contributed by atoms with Gasteiger partial charge < -0.3 is 19.5 Å². The van der Waals surface area contributed by atoms with Crippen molar-refractivity contribution in [3.63, 3.8) is 0 Å². The third-order valence-electron chi connectivity index (χ3n) is 3.98. The molecule has 0 aliphatic heterocycles. The Bertz CT molecular complexity index is 971. The van der Waals surface area contributed by atoms with Crippen LogP contribution in [0.15, 0.2) is 29.6 Å². The molecule has 0 unspecified atom stereocenters. The van der Waals surface area contributed by atoms with Gasteiger partial charge in [0.2, 0.25) is 11.7 Å². The van der Waals surface area contributed by atoms with Gasteiger partial charge in [0.05, 0.1) is 36.2 Å². The van der Waals surface area contributed by atoms with E-state index in [9.17, 15) is 4.79 Å². The van der Waals surface area contributed by atoms with E-state index in [2.05, 4.69) is 10.3 Å². The third kappa shape index (κ3) is 4.57. The normalized spacial score (nSPS) is 10.6. The molecule has 0 atom stereocenters. The first-order valence-corrected chi connectivity index (χ1v) is 10.4. The van der Waals surface area contributed by atoms with E-state index in [1.54, 1.807) is 27.4 Å². The number of halogens is 1. The second kappa shape index (κ2) is 9.27. The van der Waals surface area contributed by atoms with Crippen molar-refractivity contribution in [1.82, 2.24) is 4.98 Å². The molecule has 3 rings (SSSR count). The van der Waals surface area contributed by atoms with E-state index in [1.807, 2.05) is 23.6 Å². The van der Waals surface area contributed by atoms with Gasteiger partial charge >= 0.3 is 0 Å². The standard InChI is InChI=1S/C19H19ClN2O4S2/c1-24-13-6-4-11(17(25-2)18(13)26-3)5-9-16(23)22-19-21-12(10-27-19)14-7-8-15(20)28-14/h4,6-8,10H,5,9H2,1-3H3,(H,21,22,23). The molecule has 0 radical (unpaired) electrons. The van der Waals surface area contributed by atoms with Crippen molar-refractivity contribution in [2.75, 3.05) is 26.6 Å². The Hall–Kier alpha value is -2.29. The molecular formula is C19H19ClN2O4S2. The van der Waals surface area contributed by atoms with Crippen molar-refractivity contribution in [2.45, 2.75) is 12.8 Å². The fourth-order valence-corrected chi connectivity index (χ4v) is 4.49. The van der Waals surface area contributed by atoms with Gasteiger partial charge in [0.25, 0.3) is 0 Å². The van der Waals surface area contributed by atoms with Crippen LogP contribution in [0.1, 0.15) is 12.0 Å². The lowest BCUT2D eigenvalue weighted by molar-refractivity contribution is -0.116. The second-order valence-corrected chi connectivity index (χ2v) is 8.26. The highest BCUT2D eigenvalue weighted by molar-refractivity contribution is 7.20. The molecule has 1 aromatic carbocycles. The number of hydrogen-bond acceptors (Lipinski definition) is 7. The smallest absolute Gasteiger partial charge is 0.226 e. The molecule has 2 heterocycles. The highest BCUT2D eigenvalue weighted by atomic mass is 35.5. The van der Waals surface area contributed by atoms with Crippen LogP contribution in [0, 0.1) is 0 Å². The van der Waals surface area contributed by atoms with Crippen LogP contribution in [0.4, 0.5) is 5.13 Å². The molecule has 0 saturated carbocycles. The van der Waals surface area contributed by atoms with E-state index in [4.69, 9.17) is 25.8 Å². The predicted octanol–water partition coefficient (Wildman–Crippen LogP) is 5.12. The van der Waals surface area contributed by atoms with E-state index < -0.39 is 0 Å². The number of aromatic nitrogens is 1. The lowest BCUT2D eigenvalue weighted by atomic mass is 10.1. The van der Waals surface area contributed by atoms with Gasteiger partial charge in [-0.25, -0.2) is 4.98 Å². The zero-order valence-electron chi connectivity index (χ0n) is 15.6. The number of carbonyl (C=O) groups excluding carboxylic acids is 1. The molecule has 0 aliphatic rings. The van der Waals surface area contributed by atoms with Crippen molar-refractivity contribution in [2.24, 2.45) is 0 Å². The first-order valence-electron chi connectivity index (χ1n) is 8.34. The monoisotopic (exact) mass is 438 g/mol. The summed E-state index contributed by atoms with van der Waals surface area (Å²) in [6.07, 6.45) is 0.777. The maximum absolute atomic E-state index is 12.4. The number of methoxy groups -OCH3 is 3. The minimum Gasteiger partial charge on any atom is -0.493 e. The number of nitrogens with zero attached hydrogens (tertiary/aromatic N) is 1. The number of rotatable bonds is 8. The largest absolute Gasteiger partial charge is 0.493 e. The van der Waals surface area contributed by atoms with Gasteiger partial charge in [0.1, 0.15) is 0 Å². The van der Waals surface area contributed by atoms with E-state index in [0.717, 1.165) is 16.1 Å². The highest BCUT2D eigenvalue weighted by Gasteiger charge is 2.17. The Kier molecular flexibility index (Phi) is 6.77. The second-order valence-electron chi connectivity index (χ2n) is 5.68. The number of hydrogen-bond donors (Lipinski definition) is 1. The molecule has 1 N–H and O–H groups in total. The molecule has 9 heteroatoms. The Morgan fingerprint density at radius 2 is 1.89 bits per heavy atom. The van der Waals surface area contributed by atoms with Crippen LogP contribution in [0.5, 0.6) is 17.2 Å². The summed E-state index contributed by atoms with van der Waals surface area (Å²) < 4.78 is 16.8. The number of amides is 1. The molecule has 3 aromatic rings. The van der Waals surface area contributed by atoms with Crippen LogP contribution in [0.25, 0.3) is 10.6 Å². The van der Waals surface area contributed by atoms with E-state index >= 15 is 0 Å². The number of ether oxygens (including phenoxy) is 3. The van der Waals surface area contributed by atoms with Crippen molar-refractivity contribution in [1.29, 1.82) is 0 Å². The van der Waals surface area contributed by atoms with E-state index in [1.165, 1.54) is 22.7 Å². The molecule has 0 aliphatic carbocycles. The molecule has 2 aromatic heterocycles. The summed E-state index contributed by atoms with van der Waals surface area (Å²) in [5.41, 5.74) is 1.67. The van der Waals surface area contributed by atoms with Crippen LogP contribution >= 0.6 is 34.3 Å². The van der Waals surface area contributed by atoms with Gasteiger partial charge in [-0.3, -0.25) is 4.79 Å². The number of carbonyl (C=O) groups is 1. The quantitative estimate of drug-likeness (QED) is 0.528. The van der Waals surface area contributed by atoms with Crippen LogP contribution < -0.4 is 19.5 Å². The highest BCUT2D eigenvalue weighted by Crippen LogP contribution is 2.40. The molecule has 0 fully saturated rings. The number of benzene rings is 1. The van der Waals surface area contributed by atoms with Crippen molar-refractivity contribution < 1.29 is 19.0 Å². The fourth-order valence-electron chi connectivity index (χ4n) is 2.69. The van der Waals surface area contributed by atoms with E-state index in [-0.39, 0.29) is 12.3 Å². The van der Waals surface area contributed by atoms with Crippen LogP contribution in [-0.4, -0.2) is 32.2 Å². The average molecular weight is 439 g/mol. The summed E-state index contributed by atoms with van der Waals surface area (Å²) in [4.78, 5) is 17.8. The van der Waals surface area contributed by atoms with Gasteiger partial charge in [0.15, 0.2) is 16.6 Å². The summed E-state index contributed by atoms with van der Waals surface area (Å²) >= 11 is 8.80. The average Bonchev–Trinajstić information content (AvgIpc) is 3.34. The fraction of sp³-hybridized carbons (Fsp3) is 0.263. The Labute approximate surface area is 176 Å². The number of thiazole rings is 1. The summed E-state index contributed by atoms with van der Waals surface area (Å²) in [7, 11) is 4.68.